The molecule has 2 aromatic rings. The lowest BCUT2D eigenvalue weighted by Gasteiger charge is -2.31. The third-order valence-electron chi connectivity index (χ3n) is 5.05. The van der Waals surface area contributed by atoms with E-state index in [0.717, 1.165) is 11.1 Å². The summed E-state index contributed by atoms with van der Waals surface area (Å²) < 4.78 is 0. The van der Waals surface area contributed by atoms with Gasteiger partial charge in [0.15, 0.2) is 0 Å². The SMILES string of the molecule is CCNC(=O)[C@H](CC)N(Cc1c(Cl)cccc1Cl)C(=O)Cc1ccc(C)c(C)c1. The third-order valence-corrected chi connectivity index (χ3v) is 5.76. The van der Waals surface area contributed by atoms with Gasteiger partial charge in [0.05, 0.1) is 6.42 Å². The highest BCUT2D eigenvalue weighted by Crippen LogP contribution is 2.27. The average Bonchev–Trinajstić information content (AvgIpc) is 2.67. The molecule has 0 saturated heterocycles. The van der Waals surface area contributed by atoms with Crippen molar-refractivity contribution in [3.8, 4) is 0 Å². The Morgan fingerprint density at radius 1 is 1.03 bits per heavy atom. The van der Waals surface area contributed by atoms with Crippen LogP contribution in [0, 0.1) is 13.8 Å². The minimum Gasteiger partial charge on any atom is -0.355 e. The van der Waals surface area contributed by atoms with E-state index in [1.165, 1.54) is 5.56 Å². The summed E-state index contributed by atoms with van der Waals surface area (Å²) in [6.45, 7) is 8.49. The Hall–Kier alpha value is -2.04. The van der Waals surface area contributed by atoms with Crippen molar-refractivity contribution in [2.45, 2.75) is 53.1 Å². The first-order valence-corrected chi connectivity index (χ1v) is 10.6. The Morgan fingerprint density at radius 3 is 2.24 bits per heavy atom. The van der Waals surface area contributed by atoms with Crippen LogP contribution in [0.5, 0.6) is 0 Å². The molecular formula is C23H28Cl2N2O2. The van der Waals surface area contributed by atoms with Gasteiger partial charge in [-0.2, -0.15) is 0 Å². The number of likely N-dealkylation sites (N-methyl/N-ethyl adjacent to an activating group) is 1. The maximum atomic E-state index is 13.3. The molecule has 0 radical (unpaired) electrons. The molecule has 0 saturated carbocycles. The minimum atomic E-state index is -0.596. The molecule has 0 fully saturated rings. The number of carbonyl (C=O) groups is 2. The lowest BCUT2D eigenvalue weighted by molar-refractivity contribution is -0.140. The summed E-state index contributed by atoms with van der Waals surface area (Å²) in [6, 6.07) is 10.6. The summed E-state index contributed by atoms with van der Waals surface area (Å²) in [5.74, 6) is -0.311. The number of halogens is 2. The fourth-order valence-corrected chi connectivity index (χ4v) is 3.77. The van der Waals surface area contributed by atoms with Crippen molar-refractivity contribution in [1.82, 2.24) is 10.2 Å². The van der Waals surface area contributed by atoms with E-state index in [-0.39, 0.29) is 24.8 Å². The first-order chi connectivity index (χ1) is 13.8. The van der Waals surface area contributed by atoms with E-state index in [1.807, 2.05) is 45.9 Å². The molecule has 0 heterocycles. The molecule has 1 atom stereocenters. The predicted octanol–water partition coefficient (Wildman–Crippen LogP) is 5.10. The van der Waals surface area contributed by atoms with Crippen LogP contribution >= 0.6 is 23.2 Å². The van der Waals surface area contributed by atoms with Crippen LogP contribution in [0.3, 0.4) is 0 Å². The summed E-state index contributed by atoms with van der Waals surface area (Å²) in [6.07, 6.45) is 0.700. The van der Waals surface area contributed by atoms with Gasteiger partial charge in [0, 0.05) is 28.7 Å². The molecule has 4 nitrogen and oxygen atoms in total. The molecule has 156 valence electrons. The number of hydrogen-bond donors (Lipinski definition) is 1. The van der Waals surface area contributed by atoms with Gasteiger partial charge >= 0.3 is 0 Å². The number of aryl methyl sites for hydroxylation is 2. The Bertz CT molecular complexity index is 863. The number of amides is 2. The van der Waals surface area contributed by atoms with Crippen molar-refractivity contribution in [3.63, 3.8) is 0 Å². The summed E-state index contributed by atoms with van der Waals surface area (Å²) in [5, 5.41) is 3.79. The van der Waals surface area contributed by atoms with Gasteiger partial charge in [0.1, 0.15) is 6.04 Å². The van der Waals surface area contributed by atoms with Crippen molar-refractivity contribution >= 4 is 35.0 Å². The van der Waals surface area contributed by atoms with E-state index in [4.69, 9.17) is 23.2 Å². The van der Waals surface area contributed by atoms with Gasteiger partial charge in [0.25, 0.3) is 0 Å². The number of benzene rings is 2. The van der Waals surface area contributed by atoms with Crippen LogP contribution in [0.25, 0.3) is 0 Å². The minimum absolute atomic E-state index is 0.137. The van der Waals surface area contributed by atoms with Crippen LogP contribution < -0.4 is 5.32 Å². The highest BCUT2D eigenvalue weighted by atomic mass is 35.5. The molecule has 0 unspecified atom stereocenters. The second-order valence-corrected chi connectivity index (χ2v) is 7.95. The van der Waals surface area contributed by atoms with Crippen LogP contribution in [0.1, 0.15) is 42.5 Å². The normalized spacial score (nSPS) is 11.8. The molecule has 6 heteroatoms. The lowest BCUT2D eigenvalue weighted by atomic mass is 10.0. The monoisotopic (exact) mass is 434 g/mol. The Morgan fingerprint density at radius 2 is 1.69 bits per heavy atom. The Balaban J connectivity index is 2.37. The summed E-state index contributed by atoms with van der Waals surface area (Å²) in [5.41, 5.74) is 3.87. The number of nitrogens with one attached hydrogen (secondary N) is 1. The summed E-state index contributed by atoms with van der Waals surface area (Å²) in [7, 11) is 0. The topological polar surface area (TPSA) is 49.4 Å². The molecule has 1 N–H and O–H groups in total. The molecule has 2 rings (SSSR count). The molecule has 0 aliphatic carbocycles. The molecule has 0 bridgehead atoms. The molecule has 0 aromatic heterocycles. The van der Waals surface area contributed by atoms with Crippen molar-refractivity contribution in [2.24, 2.45) is 0 Å². The van der Waals surface area contributed by atoms with Crippen LogP contribution in [0.2, 0.25) is 10.0 Å². The molecule has 29 heavy (non-hydrogen) atoms. The quantitative estimate of drug-likeness (QED) is 0.628. The largest absolute Gasteiger partial charge is 0.355 e. The van der Waals surface area contributed by atoms with Crippen molar-refractivity contribution in [1.29, 1.82) is 0 Å². The predicted molar refractivity (Wildman–Crippen MR) is 119 cm³/mol. The van der Waals surface area contributed by atoms with Crippen LogP contribution in [0.4, 0.5) is 0 Å². The zero-order chi connectivity index (χ0) is 21.6. The van der Waals surface area contributed by atoms with Gasteiger partial charge in [-0.25, -0.2) is 0 Å². The third kappa shape index (κ3) is 5.97. The second kappa shape index (κ2) is 10.7. The van der Waals surface area contributed by atoms with Gasteiger partial charge in [0.2, 0.25) is 11.8 Å². The Labute approximate surface area is 183 Å². The van der Waals surface area contributed by atoms with Gasteiger partial charge in [-0.15, -0.1) is 0 Å². The lowest BCUT2D eigenvalue weighted by Crippen LogP contribution is -2.49. The summed E-state index contributed by atoms with van der Waals surface area (Å²) >= 11 is 12.7. The second-order valence-electron chi connectivity index (χ2n) is 7.14. The summed E-state index contributed by atoms with van der Waals surface area (Å²) in [4.78, 5) is 27.6. The van der Waals surface area contributed by atoms with Gasteiger partial charge in [-0.3, -0.25) is 9.59 Å². The zero-order valence-electron chi connectivity index (χ0n) is 17.4. The van der Waals surface area contributed by atoms with Crippen molar-refractivity contribution in [3.05, 3.63) is 68.7 Å². The van der Waals surface area contributed by atoms with E-state index in [0.29, 0.717) is 28.6 Å². The fraction of sp³-hybridized carbons (Fsp3) is 0.391. The highest BCUT2D eigenvalue weighted by Gasteiger charge is 2.29. The first kappa shape index (κ1) is 23.2. The Kier molecular flexibility index (Phi) is 8.54. The standard InChI is InChI=1S/C23H28Cl2N2O2/c1-5-21(23(29)26-6-2)27(14-18-19(24)8-7-9-20(18)25)22(28)13-17-11-10-15(3)16(4)12-17/h7-12,21H,5-6,13-14H2,1-4H3,(H,26,29)/t21-/m0/s1. The van der Waals surface area contributed by atoms with Gasteiger partial charge in [-0.1, -0.05) is 54.4 Å². The number of carbonyl (C=O) groups excluding carboxylic acids is 2. The van der Waals surface area contributed by atoms with Gasteiger partial charge in [-0.05, 0) is 56.0 Å². The molecule has 2 amide bonds. The molecule has 2 aromatic carbocycles. The van der Waals surface area contributed by atoms with Crippen molar-refractivity contribution in [2.75, 3.05) is 6.54 Å². The van der Waals surface area contributed by atoms with Gasteiger partial charge < -0.3 is 10.2 Å². The number of hydrogen-bond acceptors (Lipinski definition) is 2. The van der Waals surface area contributed by atoms with E-state index < -0.39 is 6.04 Å². The average molecular weight is 435 g/mol. The smallest absolute Gasteiger partial charge is 0.242 e. The van der Waals surface area contributed by atoms with Crippen LogP contribution in [0.15, 0.2) is 36.4 Å². The number of nitrogens with zero attached hydrogens (tertiary/aromatic N) is 1. The van der Waals surface area contributed by atoms with E-state index >= 15 is 0 Å². The van der Waals surface area contributed by atoms with E-state index in [1.54, 1.807) is 23.1 Å². The number of rotatable bonds is 8. The first-order valence-electron chi connectivity index (χ1n) is 9.84. The zero-order valence-corrected chi connectivity index (χ0v) is 18.9. The molecule has 0 aliphatic heterocycles. The van der Waals surface area contributed by atoms with E-state index in [2.05, 4.69) is 5.32 Å². The maximum Gasteiger partial charge on any atom is 0.242 e. The van der Waals surface area contributed by atoms with E-state index in [9.17, 15) is 9.59 Å². The molecule has 0 spiro atoms. The molecule has 0 aliphatic rings. The van der Waals surface area contributed by atoms with Crippen LogP contribution in [-0.4, -0.2) is 29.3 Å². The van der Waals surface area contributed by atoms with Crippen LogP contribution in [-0.2, 0) is 22.6 Å². The maximum absolute atomic E-state index is 13.3. The van der Waals surface area contributed by atoms with Crippen molar-refractivity contribution < 1.29 is 9.59 Å². The fourth-order valence-electron chi connectivity index (χ4n) is 3.25. The molecular weight excluding hydrogens is 407 g/mol. The highest BCUT2D eigenvalue weighted by molar-refractivity contribution is 6.36.